The van der Waals surface area contributed by atoms with E-state index in [1.54, 1.807) is 0 Å². The Morgan fingerprint density at radius 3 is 1.77 bits per heavy atom. The third kappa shape index (κ3) is 8.44. The lowest BCUT2D eigenvalue weighted by Crippen LogP contribution is -2.67. The van der Waals surface area contributed by atoms with E-state index in [9.17, 15) is 4.89 Å². The molecule has 2 atom stereocenters. The predicted molar refractivity (Wildman–Crippen MR) is 209 cm³/mol. The van der Waals surface area contributed by atoms with Crippen molar-refractivity contribution in [3.8, 4) is 5.75 Å². The van der Waals surface area contributed by atoms with E-state index in [0.29, 0.717) is 0 Å². The highest BCUT2D eigenvalue weighted by molar-refractivity contribution is 7.41. The van der Waals surface area contributed by atoms with E-state index >= 15 is 0 Å². The summed E-state index contributed by atoms with van der Waals surface area (Å²) in [5.74, 6) is 0.748. The molecule has 2 aromatic rings. The van der Waals surface area contributed by atoms with Crippen molar-refractivity contribution in [3.63, 3.8) is 0 Å². The average molecular weight is 679 g/mol. The maximum atomic E-state index is 12.0. The fourth-order valence-corrected chi connectivity index (χ4v) is 10.4. The van der Waals surface area contributed by atoms with Crippen LogP contribution in [0.1, 0.15) is 158 Å². The number of allylic oxidation sites excluding steroid dienone is 1. The van der Waals surface area contributed by atoms with Crippen molar-refractivity contribution in [1.29, 1.82) is 0 Å². The highest BCUT2D eigenvalue weighted by Gasteiger charge is 2.69. The lowest BCUT2D eigenvalue weighted by Gasteiger charge is -2.69. The summed E-state index contributed by atoms with van der Waals surface area (Å²) in [6, 6.07) is 17.1. The van der Waals surface area contributed by atoms with Gasteiger partial charge in [0.25, 0.3) is 0 Å². The van der Waals surface area contributed by atoms with Crippen LogP contribution in [0.15, 0.2) is 54.6 Å². The van der Waals surface area contributed by atoms with Crippen molar-refractivity contribution in [2.45, 2.75) is 161 Å². The molecule has 0 radical (unpaired) electrons. The summed E-state index contributed by atoms with van der Waals surface area (Å²) in [5, 5.41) is 0. The second kappa shape index (κ2) is 15.7. The molecule has 0 aliphatic heterocycles. The smallest absolute Gasteiger partial charge is 0.394 e. The Bertz CT molecular complexity index is 1320. The second-order valence-corrected chi connectivity index (χ2v) is 19.7. The Hall–Kier alpha value is -1.67. The second-order valence-electron chi connectivity index (χ2n) is 18.8. The van der Waals surface area contributed by atoms with Crippen molar-refractivity contribution in [3.05, 3.63) is 71.3 Å². The van der Waals surface area contributed by atoms with Crippen LogP contribution in [0.5, 0.6) is 5.75 Å². The summed E-state index contributed by atoms with van der Waals surface area (Å²) >= 11 is 0. The van der Waals surface area contributed by atoms with Crippen molar-refractivity contribution >= 4 is 14.2 Å². The molecule has 3 nitrogen and oxygen atoms in total. The monoisotopic (exact) mass is 679 g/mol. The lowest BCUT2D eigenvalue weighted by molar-refractivity contribution is -0.209. The molecular formula is C44H71O3P. The third-order valence-electron chi connectivity index (χ3n) is 11.8. The Balaban J connectivity index is 2.15. The summed E-state index contributed by atoms with van der Waals surface area (Å²) < 4.78 is 13.7. The van der Waals surface area contributed by atoms with Crippen molar-refractivity contribution in [2.75, 3.05) is 0 Å². The van der Waals surface area contributed by atoms with Gasteiger partial charge in [-0.3, -0.25) is 4.52 Å². The van der Waals surface area contributed by atoms with E-state index in [1.807, 2.05) is 12.1 Å². The normalized spacial score (nSPS) is 19.1. The minimum absolute atomic E-state index is 0.176. The summed E-state index contributed by atoms with van der Waals surface area (Å²) in [6.45, 7) is 32.9. The van der Waals surface area contributed by atoms with Crippen LogP contribution in [0.25, 0.3) is 5.57 Å². The minimum Gasteiger partial charge on any atom is -0.427 e. The lowest BCUT2D eigenvalue weighted by atomic mass is 9.37. The maximum Gasteiger partial charge on any atom is 0.394 e. The molecule has 2 aromatic carbocycles. The zero-order valence-corrected chi connectivity index (χ0v) is 34.2. The number of benzene rings is 2. The number of hydrogen-bond acceptors (Lipinski definition) is 3. The van der Waals surface area contributed by atoms with E-state index < -0.39 is 14.0 Å². The molecule has 1 N–H and O–H groups in total. The highest BCUT2D eigenvalue weighted by atomic mass is 31.2. The Labute approximate surface area is 297 Å². The summed E-state index contributed by atoms with van der Waals surface area (Å²) in [7, 11) is -2.23. The van der Waals surface area contributed by atoms with Gasteiger partial charge in [-0.05, 0) is 76.2 Å². The Morgan fingerprint density at radius 2 is 1.23 bits per heavy atom. The molecule has 0 saturated heterocycles. The van der Waals surface area contributed by atoms with Gasteiger partial charge in [-0.1, -0.05) is 177 Å². The molecule has 2 unspecified atom stereocenters. The predicted octanol–water partition coefficient (Wildman–Crippen LogP) is 13.9. The van der Waals surface area contributed by atoms with Crippen LogP contribution in [0.2, 0.25) is 0 Å². The third-order valence-corrected chi connectivity index (χ3v) is 12.5. The van der Waals surface area contributed by atoms with E-state index in [-0.39, 0.29) is 33.2 Å². The van der Waals surface area contributed by atoms with Crippen molar-refractivity contribution in [2.24, 2.45) is 32.5 Å². The summed E-state index contributed by atoms with van der Waals surface area (Å²) in [4.78, 5) is 12.0. The minimum atomic E-state index is -2.23. The fraction of sp³-hybridized carbons (Fsp3) is 0.682. The van der Waals surface area contributed by atoms with Gasteiger partial charge in [0.05, 0.1) is 6.10 Å². The molecule has 0 spiro atoms. The highest BCUT2D eigenvalue weighted by Crippen LogP contribution is 2.73. The molecule has 0 fully saturated rings. The van der Waals surface area contributed by atoms with Crippen molar-refractivity contribution in [1.82, 2.24) is 0 Å². The molecule has 1 aliphatic rings. The molecule has 3 rings (SSSR count). The van der Waals surface area contributed by atoms with E-state index in [1.165, 1.54) is 55.2 Å². The molecular weight excluding hydrogens is 607 g/mol. The summed E-state index contributed by atoms with van der Waals surface area (Å²) in [6.07, 6.45) is 12.9. The first-order valence-electron chi connectivity index (χ1n) is 18.8. The molecule has 0 bridgehead atoms. The number of rotatable bonds is 13. The van der Waals surface area contributed by atoms with Gasteiger partial charge in [0, 0.05) is 10.8 Å². The van der Waals surface area contributed by atoms with Gasteiger partial charge < -0.3 is 9.42 Å². The number of aryl methyl sites for hydroxylation is 2. The van der Waals surface area contributed by atoms with Gasteiger partial charge in [-0.2, -0.15) is 0 Å². The average Bonchev–Trinajstić information content (AvgIpc) is 2.95. The van der Waals surface area contributed by atoms with Gasteiger partial charge in [0.1, 0.15) is 5.75 Å². The van der Waals surface area contributed by atoms with Crippen LogP contribution in [0.4, 0.5) is 0 Å². The SMILES string of the molecule is CCCCCCCCCc1ccccc1OP(O)OC1C(C(C)(C)C)(C(C)(C)C)C=C(c2ccccc2C)CC1(C(C)(C)C)C(C)(C)C. The fourth-order valence-electron chi connectivity index (χ4n) is 9.52. The van der Waals surface area contributed by atoms with Crippen LogP contribution in [0, 0.1) is 39.4 Å². The quantitative estimate of drug-likeness (QED) is 0.169. The summed E-state index contributed by atoms with van der Waals surface area (Å²) in [5.41, 5.74) is 3.54. The van der Waals surface area contributed by atoms with E-state index in [2.05, 4.69) is 139 Å². The number of hydrogen-bond donors (Lipinski definition) is 1. The topological polar surface area (TPSA) is 38.7 Å². The zero-order chi connectivity index (χ0) is 36.2. The zero-order valence-electron chi connectivity index (χ0n) is 33.3. The molecule has 270 valence electrons. The molecule has 0 aromatic heterocycles. The van der Waals surface area contributed by atoms with E-state index in [0.717, 1.165) is 30.6 Å². The van der Waals surface area contributed by atoms with Crippen molar-refractivity contribution < 1.29 is 13.9 Å². The first-order valence-corrected chi connectivity index (χ1v) is 20.0. The van der Waals surface area contributed by atoms with Crippen LogP contribution in [-0.2, 0) is 10.9 Å². The first kappa shape index (κ1) is 40.8. The maximum absolute atomic E-state index is 12.0. The molecule has 4 heteroatoms. The Morgan fingerprint density at radius 1 is 0.708 bits per heavy atom. The van der Waals surface area contributed by atoms with Crippen LogP contribution < -0.4 is 4.52 Å². The van der Waals surface area contributed by atoms with Crippen LogP contribution in [0.3, 0.4) is 0 Å². The van der Waals surface area contributed by atoms with Crippen LogP contribution in [-0.4, -0.2) is 11.0 Å². The molecule has 0 saturated carbocycles. The number of unbranched alkanes of at least 4 members (excludes halogenated alkanes) is 6. The van der Waals surface area contributed by atoms with Gasteiger partial charge in [0.2, 0.25) is 0 Å². The van der Waals surface area contributed by atoms with Gasteiger partial charge >= 0.3 is 8.60 Å². The molecule has 48 heavy (non-hydrogen) atoms. The Kier molecular flexibility index (Phi) is 13.3. The largest absolute Gasteiger partial charge is 0.427 e. The first-order chi connectivity index (χ1) is 22.1. The van der Waals surface area contributed by atoms with Gasteiger partial charge in [-0.25, -0.2) is 0 Å². The molecule has 0 heterocycles. The number of para-hydroxylation sites is 1. The van der Waals surface area contributed by atoms with Gasteiger partial charge in [-0.15, -0.1) is 0 Å². The standard InChI is InChI=1S/C44H71O3P/c1-15-16-17-18-19-20-21-27-34-28-23-25-30-37(34)46-48(45)47-38-43(39(3,4)5,40(6,7)8)31-35(36-29-24-22-26-33(36)2)32-44(38,41(9,10)11)42(12,13)14/h22-26,28-31,38,45H,15-21,27,32H2,1-14H3. The van der Waals surface area contributed by atoms with E-state index in [4.69, 9.17) is 9.05 Å². The molecule has 0 amide bonds. The molecule has 1 aliphatic carbocycles. The van der Waals surface area contributed by atoms with Crippen LogP contribution >= 0.6 is 8.60 Å². The van der Waals surface area contributed by atoms with Gasteiger partial charge in [0.15, 0.2) is 0 Å².